The standard InChI is InChI=1S/C18H31NO/c1-15(19-13-7-5-6-8-14-20)16-9-11-17(12-10-16)18(2,3)4/h9-12,15,19-20H,5-8,13-14H2,1-4H3. The van der Waals surface area contributed by atoms with E-state index in [4.69, 9.17) is 5.11 Å². The summed E-state index contributed by atoms with van der Waals surface area (Å²) in [5.41, 5.74) is 2.97. The van der Waals surface area contributed by atoms with E-state index in [2.05, 4.69) is 57.3 Å². The van der Waals surface area contributed by atoms with Gasteiger partial charge >= 0.3 is 0 Å². The van der Waals surface area contributed by atoms with E-state index in [0.717, 1.165) is 19.4 Å². The third kappa shape index (κ3) is 6.06. The smallest absolute Gasteiger partial charge is 0.0431 e. The van der Waals surface area contributed by atoms with Gasteiger partial charge in [0.05, 0.1) is 0 Å². The fourth-order valence-corrected chi connectivity index (χ4v) is 2.30. The van der Waals surface area contributed by atoms with Crippen molar-refractivity contribution in [3.8, 4) is 0 Å². The maximum atomic E-state index is 8.72. The minimum Gasteiger partial charge on any atom is -0.396 e. The number of aliphatic hydroxyl groups excluding tert-OH is 1. The van der Waals surface area contributed by atoms with Crippen LogP contribution in [0.4, 0.5) is 0 Å². The van der Waals surface area contributed by atoms with Crippen LogP contribution >= 0.6 is 0 Å². The summed E-state index contributed by atoms with van der Waals surface area (Å²) in [5, 5.41) is 12.3. The van der Waals surface area contributed by atoms with Gasteiger partial charge in [0.25, 0.3) is 0 Å². The highest BCUT2D eigenvalue weighted by molar-refractivity contribution is 5.28. The Bertz CT molecular complexity index is 364. The van der Waals surface area contributed by atoms with Crippen molar-refractivity contribution in [2.24, 2.45) is 0 Å². The van der Waals surface area contributed by atoms with Crippen LogP contribution in [0.3, 0.4) is 0 Å². The normalized spacial score (nSPS) is 13.4. The molecule has 1 unspecified atom stereocenters. The minimum atomic E-state index is 0.224. The van der Waals surface area contributed by atoms with E-state index in [1.807, 2.05) is 0 Å². The van der Waals surface area contributed by atoms with Crippen molar-refractivity contribution in [2.75, 3.05) is 13.2 Å². The van der Waals surface area contributed by atoms with Gasteiger partial charge in [-0.3, -0.25) is 0 Å². The molecule has 0 saturated heterocycles. The second-order valence-corrected chi connectivity index (χ2v) is 6.69. The molecule has 0 saturated carbocycles. The highest BCUT2D eigenvalue weighted by atomic mass is 16.2. The van der Waals surface area contributed by atoms with Crippen LogP contribution in [-0.4, -0.2) is 18.3 Å². The Kier molecular flexibility index (Phi) is 7.25. The van der Waals surface area contributed by atoms with Gasteiger partial charge in [-0.25, -0.2) is 0 Å². The van der Waals surface area contributed by atoms with Crippen LogP contribution < -0.4 is 5.32 Å². The summed E-state index contributed by atoms with van der Waals surface area (Å²) in [6, 6.07) is 9.37. The van der Waals surface area contributed by atoms with E-state index in [1.165, 1.54) is 24.0 Å². The molecule has 0 aliphatic rings. The average Bonchev–Trinajstić information content (AvgIpc) is 2.41. The second-order valence-electron chi connectivity index (χ2n) is 6.69. The number of nitrogens with one attached hydrogen (secondary N) is 1. The Morgan fingerprint density at radius 2 is 1.60 bits per heavy atom. The fourth-order valence-electron chi connectivity index (χ4n) is 2.30. The summed E-state index contributed by atoms with van der Waals surface area (Å²) in [5.74, 6) is 0. The first-order chi connectivity index (χ1) is 9.45. The zero-order valence-corrected chi connectivity index (χ0v) is 13.6. The SMILES string of the molecule is CC(NCCCCCCO)c1ccc(C(C)(C)C)cc1. The zero-order chi connectivity index (χ0) is 15.0. The highest BCUT2D eigenvalue weighted by Crippen LogP contribution is 2.23. The van der Waals surface area contributed by atoms with Crippen molar-refractivity contribution in [3.05, 3.63) is 35.4 Å². The predicted octanol–water partition coefficient (Wildman–Crippen LogP) is 4.19. The Balaban J connectivity index is 2.34. The lowest BCUT2D eigenvalue weighted by molar-refractivity contribution is 0.282. The van der Waals surface area contributed by atoms with Gasteiger partial charge < -0.3 is 10.4 Å². The van der Waals surface area contributed by atoms with Crippen LogP contribution in [0.15, 0.2) is 24.3 Å². The van der Waals surface area contributed by atoms with Gasteiger partial charge in [0, 0.05) is 12.6 Å². The summed E-state index contributed by atoms with van der Waals surface area (Å²) in [6.45, 7) is 10.3. The summed E-state index contributed by atoms with van der Waals surface area (Å²) in [4.78, 5) is 0. The van der Waals surface area contributed by atoms with Gasteiger partial charge in [-0.2, -0.15) is 0 Å². The van der Waals surface area contributed by atoms with Crippen LogP contribution in [0.25, 0.3) is 0 Å². The van der Waals surface area contributed by atoms with Crippen LogP contribution in [0.5, 0.6) is 0 Å². The molecule has 2 nitrogen and oxygen atoms in total. The van der Waals surface area contributed by atoms with Gasteiger partial charge in [0.2, 0.25) is 0 Å². The lowest BCUT2D eigenvalue weighted by Crippen LogP contribution is -2.20. The molecule has 0 amide bonds. The van der Waals surface area contributed by atoms with Gasteiger partial charge in [0.1, 0.15) is 0 Å². The fraction of sp³-hybridized carbons (Fsp3) is 0.667. The molecule has 0 aromatic heterocycles. The van der Waals surface area contributed by atoms with Crippen LogP contribution in [0.2, 0.25) is 0 Å². The van der Waals surface area contributed by atoms with Crippen molar-refractivity contribution in [1.82, 2.24) is 5.32 Å². The van der Waals surface area contributed by atoms with E-state index >= 15 is 0 Å². The van der Waals surface area contributed by atoms with E-state index in [1.54, 1.807) is 0 Å². The summed E-state index contributed by atoms with van der Waals surface area (Å²) < 4.78 is 0. The van der Waals surface area contributed by atoms with Gasteiger partial charge in [0.15, 0.2) is 0 Å². The monoisotopic (exact) mass is 277 g/mol. The molecule has 1 rings (SSSR count). The van der Waals surface area contributed by atoms with E-state index in [-0.39, 0.29) is 5.41 Å². The molecule has 1 atom stereocenters. The first-order valence-electron chi connectivity index (χ1n) is 7.90. The average molecular weight is 277 g/mol. The van der Waals surface area contributed by atoms with E-state index in [0.29, 0.717) is 12.6 Å². The lowest BCUT2D eigenvalue weighted by atomic mass is 9.86. The molecule has 0 fully saturated rings. The number of hydrogen-bond donors (Lipinski definition) is 2. The topological polar surface area (TPSA) is 32.3 Å². The summed E-state index contributed by atoms with van der Waals surface area (Å²) >= 11 is 0. The molecule has 0 bridgehead atoms. The molecule has 0 aliphatic heterocycles. The van der Waals surface area contributed by atoms with Crippen molar-refractivity contribution >= 4 is 0 Å². The van der Waals surface area contributed by atoms with Crippen LogP contribution in [0.1, 0.15) is 70.5 Å². The van der Waals surface area contributed by atoms with E-state index in [9.17, 15) is 0 Å². The van der Waals surface area contributed by atoms with Crippen LogP contribution in [0, 0.1) is 0 Å². The molecule has 0 heterocycles. The van der Waals surface area contributed by atoms with Crippen LogP contribution in [-0.2, 0) is 5.41 Å². The van der Waals surface area contributed by atoms with Crippen molar-refractivity contribution in [3.63, 3.8) is 0 Å². The quantitative estimate of drug-likeness (QED) is 0.698. The zero-order valence-electron chi connectivity index (χ0n) is 13.6. The molecule has 2 heteroatoms. The molecule has 1 aromatic carbocycles. The molecular weight excluding hydrogens is 246 g/mol. The number of rotatable bonds is 8. The highest BCUT2D eigenvalue weighted by Gasteiger charge is 2.13. The first-order valence-corrected chi connectivity index (χ1v) is 7.90. The summed E-state index contributed by atoms with van der Waals surface area (Å²) in [6.07, 6.45) is 4.45. The van der Waals surface area contributed by atoms with Crippen molar-refractivity contribution in [2.45, 2.75) is 64.8 Å². The molecule has 0 aliphatic carbocycles. The van der Waals surface area contributed by atoms with Crippen molar-refractivity contribution in [1.29, 1.82) is 0 Å². The number of hydrogen-bond acceptors (Lipinski definition) is 2. The van der Waals surface area contributed by atoms with Gasteiger partial charge in [-0.1, -0.05) is 57.9 Å². The molecule has 0 radical (unpaired) electrons. The van der Waals surface area contributed by atoms with Gasteiger partial charge in [-0.15, -0.1) is 0 Å². The molecule has 20 heavy (non-hydrogen) atoms. The Morgan fingerprint density at radius 3 is 2.15 bits per heavy atom. The third-order valence-corrected chi connectivity index (χ3v) is 3.81. The van der Waals surface area contributed by atoms with E-state index < -0.39 is 0 Å². The Hall–Kier alpha value is -0.860. The third-order valence-electron chi connectivity index (χ3n) is 3.81. The summed E-state index contributed by atoms with van der Waals surface area (Å²) in [7, 11) is 0. The number of aliphatic hydroxyl groups is 1. The molecule has 1 aromatic rings. The molecule has 2 N–H and O–H groups in total. The second kappa shape index (κ2) is 8.43. The van der Waals surface area contributed by atoms with Gasteiger partial charge in [-0.05, 0) is 42.9 Å². The number of unbranched alkanes of at least 4 members (excludes halogenated alkanes) is 3. The predicted molar refractivity (Wildman–Crippen MR) is 87.1 cm³/mol. The largest absolute Gasteiger partial charge is 0.396 e. The molecular formula is C18H31NO. The molecule has 0 spiro atoms. The maximum absolute atomic E-state index is 8.72. The molecule has 114 valence electrons. The lowest BCUT2D eigenvalue weighted by Gasteiger charge is -2.20. The van der Waals surface area contributed by atoms with Crippen molar-refractivity contribution < 1.29 is 5.11 Å². The minimum absolute atomic E-state index is 0.224. The number of benzene rings is 1. The Morgan fingerprint density at radius 1 is 1.00 bits per heavy atom. The maximum Gasteiger partial charge on any atom is 0.0431 e. The first kappa shape index (κ1) is 17.2. The Labute approximate surface area is 124 Å².